The summed E-state index contributed by atoms with van der Waals surface area (Å²) in [4.78, 5) is 3.61. The number of rotatable bonds is 3. The Morgan fingerprint density at radius 3 is 2.71 bits per heavy atom. The Morgan fingerprint density at radius 1 is 1.04 bits per heavy atom. The first-order valence-electron chi connectivity index (χ1n) is 8.65. The number of hydrogen-bond acceptors (Lipinski definition) is 3. The zero-order valence-electron chi connectivity index (χ0n) is 14.2. The van der Waals surface area contributed by atoms with Crippen molar-refractivity contribution in [3.63, 3.8) is 0 Å². The van der Waals surface area contributed by atoms with Crippen molar-refractivity contribution < 1.29 is 9.73 Å². The van der Waals surface area contributed by atoms with E-state index in [0.717, 1.165) is 17.9 Å². The highest BCUT2D eigenvalue weighted by Gasteiger charge is 2.38. The average molecular weight is 322 g/mol. The van der Waals surface area contributed by atoms with Gasteiger partial charge in [0.25, 0.3) is 5.84 Å². The number of hydrogen-bond donors (Lipinski definition) is 3. The van der Waals surface area contributed by atoms with Crippen LogP contribution < -0.4 is 15.8 Å². The molecule has 0 unspecified atom stereocenters. The summed E-state index contributed by atoms with van der Waals surface area (Å²) in [6, 6.07) is 17.2. The van der Waals surface area contributed by atoms with Crippen LogP contribution in [-0.2, 0) is 11.2 Å². The van der Waals surface area contributed by atoms with Crippen molar-refractivity contribution in [3.05, 3.63) is 65.2 Å². The minimum Gasteiger partial charge on any atom is -0.360 e. The molecule has 0 radical (unpaired) electrons. The fourth-order valence-electron chi connectivity index (χ4n) is 3.63. The first-order valence-corrected chi connectivity index (χ1v) is 8.65. The summed E-state index contributed by atoms with van der Waals surface area (Å²) < 4.78 is 6.06. The molecule has 4 rings (SSSR count). The highest BCUT2D eigenvalue weighted by Crippen LogP contribution is 2.31. The molecule has 3 N–H and O–H groups in total. The van der Waals surface area contributed by atoms with Crippen molar-refractivity contribution in [3.8, 4) is 0 Å². The number of fused-ring (bicyclic) bond motifs is 3. The lowest BCUT2D eigenvalue weighted by molar-refractivity contribution is -0.536. The fourth-order valence-corrected chi connectivity index (χ4v) is 3.63. The molecule has 24 heavy (non-hydrogen) atoms. The Morgan fingerprint density at radius 2 is 1.83 bits per heavy atom. The van der Waals surface area contributed by atoms with Crippen LogP contribution >= 0.6 is 0 Å². The van der Waals surface area contributed by atoms with E-state index < -0.39 is 0 Å². The topological polar surface area (TPSA) is 47.3 Å². The number of hydrazine groups is 1. The molecule has 4 nitrogen and oxygen atoms in total. The van der Waals surface area contributed by atoms with Gasteiger partial charge in [0.2, 0.25) is 0 Å². The molecule has 2 aromatic carbocycles. The highest BCUT2D eigenvalue weighted by molar-refractivity contribution is 5.79. The van der Waals surface area contributed by atoms with E-state index in [0.29, 0.717) is 12.5 Å². The van der Waals surface area contributed by atoms with Gasteiger partial charge in [-0.05, 0) is 23.1 Å². The van der Waals surface area contributed by atoms with Gasteiger partial charge in [0.05, 0.1) is 5.69 Å². The van der Waals surface area contributed by atoms with Crippen molar-refractivity contribution in [1.29, 1.82) is 0 Å². The maximum atomic E-state index is 6.06. The average Bonchev–Trinajstić information content (AvgIpc) is 2.98. The second-order valence-corrected chi connectivity index (χ2v) is 6.84. The standard InChI is InChI=1S/C20H23N3O/c1-13(2)15-8-5-6-10-17(15)22-23-19-12-24-18-11-14-7-3-4-9-16(14)20(18)21-19/h3-10,13,18,20,22H,11-12H2,1-2H3,(H,21,23)/p+1/t18-,20+/m0/s1. The Labute approximate surface area is 142 Å². The van der Waals surface area contributed by atoms with Gasteiger partial charge in [-0.3, -0.25) is 4.99 Å². The third kappa shape index (κ3) is 2.78. The number of ether oxygens (including phenoxy) is 1. The third-order valence-electron chi connectivity index (χ3n) is 4.89. The normalized spacial score (nSPS) is 21.9. The largest absolute Gasteiger partial charge is 0.360 e. The van der Waals surface area contributed by atoms with Crippen molar-refractivity contribution in [1.82, 2.24) is 5.43 Å². The Hall–Kier alpha value is -2.33. The zero-order chi connectivity index (χ0) is 16.5. The molecule has 0 amide bonds. The van der Waals surface area contributed by atoms with Crippen LogP contribution in [-0.4, -0.2) is 18.5 Å². The molecule has 4 heteroatoms. The minimum absolute atomic E-state index is 0.232. The molecule has 0 bridgehead atoms. The van der Waals surface area contributed by atoms with Crippen LogP contribution in [0.15, 0.2) is 48.5 Å². The van der Waals surface area contributed by atoms with E-state index in [1.54, 1.807) is 0 Å². The van der Waals surface area contributed by atoms with E-state index in [1.165, 1.54) is 16.7 Å². The van der Waals surface area contributed by atoms with Gasteiger partial charge in [-0.15, -0.1) is 0 Å². The molecule has 0 aromatic heterocycles. The maximum Gasteiger partial charge on any atom is 0.292 e. The number of amidine groups is 1. The fraction of sp³-hybridized carbons (Fsp3) is 0.350. The van der Waals surface area contributed by atoms with Crippen LogP contribution in [0.5, 0.6) is 0 Å². The van der Waals surface area contributed by atoms with Crippen LogP contribution in [0.3, 0.4) is 0 Å². The van der Waals surface area contributed by atoms with Crippen LogP contribution in [0.25, 0.3) is 0 Å². The molecule has 2 aliphatic rings. The minimum atomic E-state index is 0.232. The maximum absolute atomic E-state index is 6.06. The third-order valence-corrected chi connectivity index (χ3v) is 4.89. The zero-order valence-corrected chi connectivity index (χ0v) is 14.2. The molecule has 1 heterocycles. The smallest absolute Gasteiger partial charge is 0.292 e. The Kier molecular flexibility index (Phi) is 3.98. The lowest BCUT2D eigenvalue weighted by atomic mass is 10.0. The summed E-state index contributed by atoms with van der Waals surface area (Å²) >= 11 is 0. The molecule has 1 aliphatic carbocycles. The Bertz CT molecular complexity index is 769. The van der Waals surface area contributed by atoms with E-state index in [-0.39, 0.29) is 12.1 Å². The highest BCUT2D eigenvalue weighted by atomic mass is 16.5. The van der Waals surface area contributed by atoms with Crippen LogP contribution in [0, 0.1) is 0 Å². The van der Waals surface area contributed by atoms with E-state index in [2.05, 4.69) is 78.2 Å². The number of benzene rings is 2. The predicted molar refractivity (Wildman–Crippen MR) is 95.9 cm³/mol. The summed E-state index contributed by atoms with van der Waals surface area (Å²) in [7, 11) is 0. The van der Waals surface area contributed by atoms with Crippen molar-refractivity contribution in [2.75, 3.05) is 12.0 Å². The van der Waals surface area contributed by atoms with Gasteiger partial charge in [0.1, 0.15) is 18.8 Å². The van der Waals surface area contributed by atoms with Gasteiger partial charge >= 0.3 is 0 Å². The van der Waals surface area contributed by atoms with Crippen LogP contribution in [0.4, 0.5) is 5.69 Å². The van der Waals surface area contributed by atoms with Crippen molar-refractivity contribution in [2.45, 2.75) is 38.3 Å². The molecule has 0 saturated heterocycles. The van der Waals surface area contributed by atoms with Crippen LogP contribution in [0.1, 0.15) is 42.5 Å². The molecular formula is C20H24N3O+. The van der Waals surface area contributed by atoms with Gasteiger partial charge in [-0.25, -0.2) is 5.43 Å². The second-order valence-electron chi connectivity index (χ2n) is 6.84. The SMILES string of the molecule is CC(C)c1ccccc1NNC1=[NH+][C@@H]2c3ccccc3C[C@@H]2OC1. The predicted octanol–water partition coefficient (Wildman–Crippen LogP) is 1.90. The van der Waals surface area contributed by atoms with Gasteiger partial charge in [-0.2, -0.15) is 5.43 Å². The Balaban J connectivity index is 1.51. The lowest BCUT2D eigenvalue weighted by Gasteiger charge is -2.22. The quantitative estimate of drug-likeness (QED) is 0.757. The number of para-hydroxylation sites is 1. The van der Waals surface area contributed by atoms with E-state index in [4.69, 9.17) is 4.74 Å². The van der Waals surface area contributed by atoms with Gasteiger partial charge < -0.3 is 4.74 Å². The first kappa shape index (κ1) is 15.2. The summed E-state index contributed by atoms with van der Waals surface area (Å²) in [5.74, 6) is 1.45. The summed E-state index contributed by atoms with van der Waals surface area (Å²) in [5.41, 5.74) is 11.8. The molecule has 0 saturated carbocycles. The van der Waals surface area contributed by atoms with Gasteiger partial charge in [0.15, 0.2) is 0 Å². The molecule has 0 spiro atoms. The second kappa shape index (κ2) is 6.29. The summed E-state index contributed by atoms with van der Waals surface area (Å²) in [6.07, 6.45) is 1.22. The molecule has 1 aliphatic heterocycles. The van der Waals surface area contributed by atoms with Gasteiger partial charge in [0, 0.05) is 12.0 Å². The summed E-state index contributed by atoms with van der Waals surface area (Å²) in [5, 5.41) is 0. The number of nitrogens with one attached hydrogen (secondary N) is 3. The van der Waals surface area contributed by atoms with Gasteiger partial charge in [-0.1, -0.05) is 56.3 Å². The molecule has 2 atom stereocenters. The molecular weight excluding hydrogens is 298 g/mol. The van der Waals surface area contributed by atoms with Crippen molar-refractivity contribution >= 4 is 11.5 Å². The monoisotopic (exact) mass is 322 g/mol. The van der Waals surface area contributed by atoms with Crippen LogP contribution in [0.2, 0.25) is 0 Å². The van der Waals surface area contributed by atoms with E-state index in [9.17, 15) is 0 Å². The first-order chi connectivity index (χ1) is 11.7. The van der Waals surface area contributed by atoms with E-state index >= 15 is 0 Å². The molecule has 0 fully saturated rings. The number of anilines is 1. The molecule has 124 valence electrons. The lowest BCUT2D eigenvalue weighted by Crippen LogP contribution is -2.83. The van der Waals surface area contributed by atoms with E-state index in [1.807, 2.05) is 0 Å². The van der Waals surface area contributed by atoms with Crippen molar-refractivity contribution in [2.24, 2.45) is 0 Å². The summed E-state index contributed by atoms with van der Waals surface area (Å²) in [6.45, 7) is 4.98. The molecule has 2 aromatic rings.